The van der Waals surface area contributed by atoms with Gasteiger partial charge in [-0.2, -0.15) is 4.90 Å². The SMILES string of the molecule is CCCCCCCC1=CC(=O)N(C(N)=O)C1=O. The average Bonchev–Trinajstić information content (AvgIpc) is 2.53. The molecule has 0 fully saturated rings. The van der Waals surface area contributed by atoms with Crippen LogP contribution in [-0.2, 0) is 9.59 Å². The van der Waals surface area contributed by atoms with E-state index in [9.17, 15) is 14.4 Å². The van der Waals surface area contributed by atoms with Crippen molar-refractivity contribution in [2.24, 2.45) is 5.73 Å². The second-order valence-electron chi connectivity index (χ2n) is 4.15. The highest BCUT2D eigenvalue weighted by Crippen LogP contribution is 2.19. The van der Waals surface area contributed by atoms with Gasteiger partial charge < -0.3 is 5.73 Å². The molecule has 2 N–H and O–H groups in total. The molecule has 0 unspecified atom stereocenters. The Kier molecular flexibility index (Phi) is 4.87. The first-order valence-corrected chi connectivity index (χ1v) is 5.96. The third-order valence-electron chi connectivity index (χ3n) is 2.77. The molecule has 0 aromatic carbocycles. The van der Waals surface area contributed by atoms with Gasteiger partial charge in [-0.1, -0.05) is 32.6 Å². The summed E-state index contributed by atoms with van der Waals surface area (Å²) in [4.78, 5) is 34.3. The number of carbonyl (C=O) groups is 3. The van der Waals surface area contributed by atoms with Crippen LogP contribution >= 0.6 is 0 Å². The minimum absolute atomic E-state index is 0.394. The number of primary amides is 1. The van der Waals surface area contributed by atoms with Crippen molar-refractivity contribution in [3.8, 4) is 0 Å². The van der Waals surface area contributed by atoms with E-state index < -0.39 is 17.8 Å². The normalized spacial score (nSPS) is 15.4. The minimum Gasteiger partial charge on any atom is -0.351 e. The Labute approximate surface area is 101 Å². The number of hydrogen-bond donors (Lipinski definition) is 1. The van der Waals surface area contributed by atoms with Crippen LogP contribution in [0.4, 0.5) is 4.79 Å². The maximum atomic E-state index is 11.6. The van der Waals surface area contributed by atoms with Gasteiger partial charge in [0.1, 0.15) is 0 Å². The molecule has 1 aliphatic heterocycles. The first kappa shape index (κ1) is 13.4. The van der Waals surface area contributed by atoms with Crippen molar-refractivity contribution < 1.29 is 14.4 Å². The Morgan fingerprint density at radius 2 is 1.88 bits per heavy atom. The molecule has 1 aliphatic rings. The zero-order valence-corrected chi connectivity index (χ0v) is 10.1. The van der Waals surface area contributed by atoms with Gasteiger partial charge in [0.15, 0.2) is 0 Å². The maximum absolute atomic E-state index is 11.6. The predicted molar refractivity (Wildman–Crippen MR) is 62.9 cm³/mol. The van der Waals surface area contributed by atoms with E-state index in [1.54, 1.807) is 0 Å². The van der Waals surface area contributed by atoms with Crippen molar-refractivity contribution in [1.29, 1.82) is 0 Å². The standard InChI is InChI=1S/C12H18N2O3/c1-2-3-4-5-6-7-9-8-10(15)14(11(9)16)12(13)17/h8H,2-7H2,1H3,(H2,13,17). The van der Waals surface area contributed by atoms with Gasteiger partial charge in [-0.25, -0.2) is 4.79 Å². The molecule has 0 radical (unpaired) electrons. The number of urea groups is 1. The maximum Gasteiger partial charge on any atom is 0.328 e. The Balaban J connectivity index is 2.40. The molecule has 4 amide bonds. The molecule has 94 valence electrons. The second kappa shape index (κ2) is 6.18. The van der Waals surface area contributed by atoms with Gasteiger partial charge in [0.2, 0.25) is 0 Å². The molecule has 17 heavy (non-hydrogen) atoms. The fraction of sp³-hybridized carbons (Fsp3) is 0.583. The van der Waals surface area contributed by atoms with Gasteiger partial charge in [0.25, 0.3) is 11.8 Å². The quantitative estimate of drug-likeness (QED) is 0.565. The number of carbonyl (C=O) groups excluding carboxylic acids is 3. The number of hydrogen-bond acceptors (Lipinski definition) is 3. The summed E-state index contributed by atoms with van der Waals surface area (Å²) >= 11 is 0. The number of imide groups is 3. The van der Waals surface area contributed by atoms with Crippen LogP contribution in [0, 0.1) is 0 Å². The topological polar surface area (TPSA) is 80.5 Å². The molecule has 0 bridgehead atoms. The van der Waals surface area contributed by atoms with E-state index in [1.807, 2.05) is 0 Å². The van der Waals surface area contributed by atoms with Gasteiger partial charge in [-0.3, -0.25) is 9.59 Å². The number of rotatable bonds is 6. The zero-order valence-electron chi connectivity index (χ0n) is 10.1. The summed E-state index contributed by atoms with van der Waals surface area (Å²) < 4.78 is 0. The van der Waals surface area contributed by atoms with Crippen LogP contribution < -0.4 is 5.73 Å². The van der Waals surface area contributed by atoms with Crippen molar-refractivity contribution in [1.82, 2.24) is 4.90 Å². The van der Waals surface area contributed by atoms with Crippen molar-refractivity contribution in [3.05, 3.63) is 11.6 Å². The molecular weight excluding hydrogens is 220 g/mol. The average molecular weight is 238 g/mol. The van der Waals surface area contributed by atoms with E-state index in [2.05, 4.69) is 6.92 Å². The Bertz CT molecular complexity index is 361. The highest BCUT2D eigenvalue weighted by molar-refractivity contribution is 6.24. The first-order valence-electron chi connectivity index (χ1n) is 5.96. The van der Waals surface area contributed by atoms with Crippen LogP contribution in [0.25, 0.3) is 0 Å². The van der Waals surface area contributed by atoms with E-state index in [0.29, 0.717) is 16.9 Å². The lowest BCUT2D eigenvalue weighted by Gasteiger charge is -2.08. The fourth-order valence-corrected chi connectivity index (χ4v) is 1.83. The summed E-state index contributed by atoms with van der Waals surface area (Å²) in [5.74, 6) is -1.18. The fourth-order valence-electron chi connectivity index (χ4n) is 1.83. The zero-order chi connectivity index (χ0) is 12.8. The molecule has 5 heteroatoms. The summed E-state index contributed by atoms with van der Waals surface area (Å²) in [6, 6.07) is -1.00. The van der Waals surface area contributed by atoms with Crippen molar-refractivity contribution in [2.45, 2.75) is 45.4 Å². The first-order chi connectivity index (χ1) is 8.07. The lowest BCUT2D eigenvalue weighted by atomic mass is 10.1. The number of nitrogens with zero attached hydrogens (tertiary/aromatic N) is 1. The summed E-state index contributed by atoms with van der Waals surface area (Å²) in [6.07, 6.45) is 7.12. The lowest BCUT2D eigenvalue weighted by Crippen LogP contribution is -2.40. The predicted octanol–water partition coefficient (Wildman–Crippen LogP) is 1.72. The van der Waals surface area contributed by atoms with E-state index in [0.717, 1.165) is 25.7 Å². The molecule has 0 atom stereocenters. The number of nitrogens with two attached hydrogens (primary N) is 1. The van der Waals surface area contributed by atoms with E-state index >= 15 is 0 Å². The molecule has 0 saturated carbocycles. The summed E-state index contributed by atoms with van der Waals surface area (Å²) in [5, 5.41) is 0. The Hall–Kier alpha value is -1.65. The van der Waals surface area contributed by atoms with Crippen LogP contribution in [0.1, 0.15) is 45.4 Å². The molecule has 5 nitrogen and oxygen atoms in total. The van der Waals surface area contributed by atoms with Gasteiger partial charge in [-0.15, -0.1) is 0 Å². The van der Waals surface area contributed by atoms with Crippen LogP contribution in [0.3, 0.4) is 0 Å². The highest BCUT2D eigenvalue weighted by Gasteiger charge is 2.33. The van der Waals surface area contributed by atoms with Crippen LogP contribution in [0.15, 0.2) is 11.6 Å². The van der Waals surface area contributed by atoms with E-state index in [4.69, 9.17) is 5.73 Å². The smallest absolute Gasteiger partial charge is 0.328 e. The largest absolute Gasteiger partial charge is 0.351 e. The van der Waals surface area contributed by atoms with E-state index in [-0.39, 0.29) is 0 Å². The number of amides is 4. The monoisotopic (exact) mass is 238 g/mol. The van der Waals surface area contributed by atoms with E-state index in [1.165, 1.54) is 12.5 Å². The molecule has 0 spiro atoms. The second-order valence-corrected chi connectivity index (χ2v) is 4.15. The molecular formula is C12H18N2O3. The third-order valence-corrected chi connectivity index (χ3v) is 2.77. The van der Waals surface area contributed by atoms with Crippen LogP contribution in [-0.4, -0.2) is 22.7 Å². The Morgan fingerprint density at radius 3 is 2.41 bits per heavy atom. The van der Waals surface area contributed by atoms with Crippen LogP contribution in [0.5, 0.6) is 0 Å². The van der Waals surface area contributed by atoms with Gasteiger partial charge in [0, 0.05) is 11.6 Å². The summed E-state index contributed by atoms with van der Waals surface area (Å²) in [7, 11) is 0. The third kappa shape index (κ3) is 3.41. The van der Waals surface area contributed by atoms with Gasteiger partial charge in [-0.05, 0) is 12.8 Å². The molecule has 0 aromatic rings. The highest BCUT2D eigenvalue weighted by atomic mass is 16.2. The molecule has 0 aliphatic carbocycles. The van der Waals surface area contributed by atoms with Crippen molar-refractivity contribution >= 4 is 17.8 Å². The number of unbranched alkanes of at least 4 members (excludes halogenated alkanes) is 4. The molecule has 0 saturated heterocycles. The Morgan fingerprint density at radius 1 is 1.24 bits per heavy atom. The summed E-state index contributed by atoms with van der Waals surface area (Å²) in [6.45, 7) is 2.13. The van der Waals surface area contributed by atoms with Crippen LogP contribution in [0.2, 0.25) is 0 Å². The van der Waals surface area contributed by atoms with Gasteiger partial charge >= 0.3 is 6.03 Å². The van der Waals surface area contributed by atoms with Gasteiger partial charge in [0.05, 0.1) is 0 Å². The lowest BCUT2D eigenvalue weighted by molar-refractivity contribution is -0.133. The van der Waals surface area contributed by atoms with Crippen molar-refractivity contribution in [3.63, 3.8) is 0 Å². The van der Waals surface area contributed by atoms with Crippen molar-refractivity contribution in [2.75, 3.05) is 0 Å². The minimum atomic E-state index is -1.00. The molecule has 1 heterocycles. The molecule has 1 rings (SSSR count). The molecule has 0 aromatic heterocycles. The summed E-state index contributed by atoms with van der Waals surface area (Å²) in [5.41, 5.74) is 5.34.